The number of rotatable bonds is 6. The average Bonchev–Trinajstić information content (AvgIpc) is 2.45. The predicted molar refractivity (Wildman–Crippen MR) is 86.3 cm³/mol. The first-order valence-electron chi connectivity index (χ1n) is 7.70. The molecule has 0 saturated heterocycles. The van der Waals surface area contributed by atoms with Gasteiger partial charge in [-0.25, -0.2) is 0 Å². The number of hydrogen-bond donors (Lipinski definition) is 1. The van der Waals surface area contributed by atoms with E-state index in [1.807, 2.05) is 0 Å². The molecule has 1 N–H and O–H groups in total. The van der Waals surface area contributed by atoms with Crippen molar-refractivity contribution in [3.63, 3.8) is 0 Å². The Kier molecular flexibility index (Phi) is 5.12. The molecular formula is C17H28N2O2. The van der Waals surface area contributed by atoms with Gasteiger partial charge in [0, 0.05) is 25.2 Å². The van der Waals surface area contributed by atoms with Gasteiger partial charge in [0.25, 0.3) is 0 Å². The molecule has 0 spiro atoms. The van der Waals surface area contributed by atoms with Crippen LogP contribution in [0.3, 0.4) is 0 Å². The molecule has 1 aliphatic rings. The molecule has 21 heavy (non-hydrogen) atoms. The lowest BCUT2D eigenvalue weighted by atomic mass is 9.96. The maximum absolute atomic E-state index is 5.42. The largest absolute Gasteiger partial charge is 0.493 e. The van der Waals surface area contributed by atoms with Crippen LogP contribution in [0.5, 0.6) is 11.5 Å². The third-order valence-corrected chi connectivity index (χ3v) is 4.07. The summed E-state index contributed by atoms with van der Waals surface area (Å²) in [6, 6.07) is 4.25. The molecule has 0 amide bonds. The van der Waals surface area contributed by atoms with Crippen molar-refractivity contribution in [2.75, 3.05) is 33.9 Å². The van der Waals surface area contributed by atoms with E-state index in [-0.39, 0.29) is 5.54 Å². The first kappa shape index (κ1) is 16.1. The minimum atomic E-state index is 0.142. The number of nitrogens with one attached hydrogen (secondary N) is 1. The number of methoxy groups -OCH3 is 2. The second-order valence-electron chi connectivity index (χ2n) is 6.35. The summed E-state index contributed by atoms with van der Waals surface area (Å²) in [6.45, 7) is 10.8. The SMILES string of the molecule is CCNC(C)(C)CN1CCc2cc(OC)c(OC)cc2C1. The summed E-state index contributed by atoms with van der Waals surface area (Å²) in [7, 11) is 3.39. The molecule has 0 atom stereocenters. The standard InChI is InChI=1S/C17H28N2O2/c1-6-18-17(2,3)12-19-8-7-13-9-15(20-4)16(21-5)10-14(13)11-19/h9-10,18H,6-8,11-12H2,1-5H3. The van der Waals surface area contributed by atoms with E-state index in [2.05, 4.69) is 43.1 Å². The molecule has 0 unspecified atom stereocenters. The molecule has 0 aliphatic carbocycles. The first-order chi connectivity index (χ1) is 9.99. The van der Waals surface area contributed by atoms with Crippen LogP contribution in [0.2, 0.25) is 0 Å². The Morgan fingerprint density at radius 3 is 2.33 bits per heavy atom. The molecule has 2 rings (SSSR count). The molecule has 0 aromatic heterocycles. The minimum absolute atomic E-state index is 0.142. The lowest BCUT2D eigenvalue weighted by Gasteiger charge is -2.36. The maximum Gasteiger partial charge on any atom is 0.161 e. The zero-order chi connectivity index (χ0) is 15.5. The number of likely N-dealkylation sites (N-methyl/N-ethyl adjacent to an activating group) is 1. The van der Waals surface area contributed by atoms with Gasteiger partial charge in [0.05, 0.1) is 14.2 Å². The van der Waals surface area contributed by atoms with E-state index in [4.69, 9.17) is 9.47 Å². The van der Waals surface area contributed by atoms with Gasteiger partial charge in [-0.2, -0.15) is 0 Å². The monoisotopic (exact) mass is 292 g/mol. The molecule has 4 nitrogen and oxygen atoms in total. The molecule has 0 radical (unpaired) electrons. The minimum Gasteiger partial charge on any atom is -0.493 e. The van der Waals surface area contributed by atoms with Crippen LogP contribution in [-0.2, 0) is 13.0 Å². The van der Waals surface area contributed by atoms with Crippen molar-refractivity contribution in [2.45, 2.75) is 39.3 Å². The fourth-order valence-corrected chi connectivity index (χ4v) is 3.17. The van der Waals surface area contributed by atoms with Gasteiger partial charge in [0.1, 0.15) is 0 Å². The van der Waals surface area contributed by atoms with Crippen molar-refractivity contribution in [3.8, 4) is 11.5 Å². The van der Waals surface area contributed by atoms with Crippen LogP contribution in [0.1, 0.15) is 31.9 Å². The first-order valence-corrected chi connectivity index (χ1v) is 7.70. The maximum atomic E-state index is 5.42. The molecule has 4 heteroatoms. The fraction of sp³-hybridized carbons (Fsp3) is 0.647. The van der Waals surface area contributed by atoms with Crippen LogP contribution in [0.25, 0.3) is 0 Å². The normalized spacial score (nSPS) is 15.7. The van der Waals surface area contributed by atoms with Gasteiger partial charge >= 0.3 is 0 Å². The lowest BCUT2D eigenvalue weighted by Crippen LogP contribution is -2.50. The molecule has 1 aromatic rings. The van der Waals surface area contributed by atoms with Gasteiger partial charge in [-0.1, -0.05) is 6.92 Å². The van der Waals surface area contributed by atoms with E-state index in [9.17, 15) is 0 Å². The molecular weight excluding hydrogens is 264 g/mol. The molecule has 0 saturated carbocycles. The van der Waals surface area contributed by atoms with Crippen LogP contribution < -0.4 is 14.8 Å². The highest BCUT2D eigenvalue weighted by atomic mass is 16.5. The Morgan fingerprint density at radius 1 is 1.14 bits per heavy atom. The summed E-state index contributed by atoms with van der Waals surface area (Å²) in [5, 5.41) is 3.55. The fourth-order valence-electron chi connectivity index (χ4n) is 3.17. The second kappa shape index (κ2) is 6.67. The quantitative estimate of drug-likeness (QED) is 0.873. The number of nitrogens with zero attached hydrogens (tertiary/aromatic N) is 1. The number of benzene rings is 1. The Bertz CT molecular complexity index is 486. The smallest absolute Gasteiger partial charge is 0.161 e. The van der Waals surface area contributed by atoms with Gasteiger partial charge in [0.15, 0.2) is 11.5 Å². The van der Waals surface area contributed by atoms with Crippen LogP contribution in [0.4, 0.5) is 0 Å². The van der Waals surface area contributed by atoms with E-state index < -0.39 is 0 Å². The number of hydrogen-bond acceptors (Lipinski definition) is 4. The van der Waals surface area contributed by atoms with Crippen molar-refractivity contribution in [3.05, 3.63) is 23.3 Å². The highest BCUT2D eigenvalue weighted by molar-refractivity contribution is 5.48. The van der Waals surface area contributed by atoms with E-state index in [1.54, 1.807) is 14.2 Å². The molecule has 0 fully saturated rings. The summed E-state index contributed by atoms with van der Waals surface area (Å²) in [5.41, 5.74) is 2.87. The highest BCUT2D eigenvalue weighted by Crippen LogP contribution is 2.33. The third-order valence-electron chi connectivity index (χ3n) is 4.07. The Morgan fingerprint density at radius 2 is 1.76 bits per heavy atom. The van der Waals surface area contributed by atoms with Crippen LogP contribution >= 0.6 is 0 Å². The summed E-state index contributed by atoms with van der Waals surface area (Å²) < 4.78 is 10.8. The van der Waals surface area contributed by atoms with E-state index in [1.165, 1.54) is 11.1 Å². The average molecular weight is 292 g/mol. The van der Waals surface area contributed by atoms with Gasteiger partial charge < -0.3 is 14.8 Å². The Hall–Kier alpha value is -1.26. The zero-order valence-corrected chi connectivity index (χ0v) is 14.0. The number of ether oxygens (including phenoxy) is 2. The van der Waals surface area contributed by atoms with Crippen molar-refractivity contribution >= 4 is 0 Å². The van der Waals surface area contributed by atoms with Gasteiger partial charge in [0.2, 0.25) is 0 Å². The van der Waals surface area contributed by atoms with E-state index >= 15 is 0 Å². The lowest BCUT2D eigenvalue weighted by molar-refractivity contribution is 0.187. The molecule has 1 heterocycles. The molecule has 118 valence electrons. The highest BCUT2D eigenvalue weighted by Gasteiger charge is 2.24. The van der Waals surface area contributed by atoms with Crippen molar-refractivity contribution in [1.82, 2.24) is 10.2 Å². The molecule has 0 bridgehead atoms. The van der Waals surface area contributed by atoms with Gasteiger partial charge in [-0.3, -0.25) is 4.90 Å². The second-order valence-corrected chi connectivity index (χ2v) is 6.35. The molecule has 1 aromatic carbocycles. The van der Waals surface area contributed by atoms with E-state index in [0.717, 1.165) is 44.1 Å². The van der Waals surface area contributed by atoms with Crippen molar-refractivity contribution < 1.29 is 9.47 Å². The summed E-state index contributed by atoms with van der Waals surface area (Å²) in [5.74, 6) is 1.65. The number of fused-ring (bicyclic) bond motifs is 1. The summed E-state index contributed by atoms with van der Waals surface area (Å²) in [6.07, 6.45) is 1.07. The Labute approximate surface area is 128 Å². The Balaban J connectivity index is 2.13. The summed E-state index contributed by atoms with van der Waals surface area (Å²) >= 11 is 0. The molecule has 1 aliphatic heterocycles. The van der Waals surface area contributed by atoms with Crippen LogP contribution in [0.15, 0.2) is 12.1 Å². The third kappa shape index (κ3) is 3.89. The van der Waals surface area contributed by atoms with Crippen molar-refractivity contribution in [2.24, 2.45) is 0 Å². The van der Waals surface area contributed by atoms with Gasteiger partial charge in [-0.05, 0) is 50.1 Å². The van der Waals surface area contributed by atoms with Crippen molar-refractivity contribution in [1.29, 1.82) is 0 Å². The van der Waals surface area contributed by atoms with Crippen LogP contribution in [-0.4, -0.2) is 44.3 Å². The van der Waals surface area contributed by atoms with Crippen LogP contribution in [0, 0.1) is 0 Å². The van der Waals surface area contributed by atoms with E-state index in [0.29, 0.717) is 0 Å². The zero-order valence-electron chi connectivity index (χ0n) is 14.0. The topological polar surface area (TPSA) is 33.7 Å². The summed E-state index contributed by atoms with van der Waals surface area (Å²) in [4.78, 5) is 2.51. The van der Waals surface area contributed by atoms with Gasteiger partial charge in [-0.15, -0.1) is 0 Å². The predicted octanol–water partition coefficient (Wildman–Crippen LogP) is 2.45.